The van der Waals surface area contributed by atoms with Crippen LogP contribution < -0.4 is 5.32 Å². The summed E-state index contributed by atoms with van der Waals surface area (Å²) in [6.45, 7) is 7.41. The van der Waals surface area contributed by atoms with Crippen molar-refractivity contribution in [2.75, 3.05) is 19.0 Å². The molecule has 1 aliphatic carbocycles. The van der Waals surface area contributed by atoms with Crippen LogP contribution in [0.25, 0.3) is 0 Å². The Morgan fingerprint density at radius 2 is 2.14 bits per heavy atom. The van der Waals surface area contributed by atoms with Crippen molar-refractivity contribution >= 4 is 28.4 Å². The fraction of sp³-hybridized carbons (Fsp3) is 0.750. The summed E-state index contributed by atoms with van der Waals surface area (Å²) in [4.78, 5) is 9.67. The molecule has 5 heteroatoms. The minimum atomic E-state index is -0.309. The Labute approximate surface area is 141 Å². The first-order valence-corrected chi connectivity index (χ1v) is 9.00. The van der Waals surface area contributed by atoms with Crippen molar-refractivity contribution in [1.82, 2.24) is 9.97 Å². The molecule has 2 unspecified atom stereocenters. The van der Waals surface area contributed by atoms with Crippen LogP contribution >= 0.6 is 22.6 Å². The lowest BCUT2D eigenvalue weighted by molar-refractivity contribution is -0.0646. The minimum absolute atomic E-state index is 0.309. The molecule has 1 N–H and O–H groups in total. The Morgan fingerprint density at radius 1 is 1.38 bits per heavy atom. The summed E-state index contributed by atoms with van der Waals surface area (Å²) < 4.78 is 7.09. The first kappa shape index (κ1) is 16.9. The third-order valence-corrected chi connectivity index (χ3v) is 5.49. The third kappa shape index (κ3) is 3.50. The van der Waals surface area contributed by atoms with Crippen LogP contribution in [0, 0.1) is 9.49 Å². The summed E-state index contributed by atoms with van der Waals surface area (Å²) in [5.74, 6) is 2.48. The lowest BCUT2D eigenvalue weighted by atomic mass is 9.78. The molecule has 0 saturated heterocycles. The molecule has 2 rings (SSSR count). The maximum absolute atomic E-state index is 5.95. The topological polar surface area (TPSA) is 47.0 Å². The van der Waals surface area contributed by atoms with Crippen molar-refractivity contribution in [3.05, 3.63) is 15.1 Å². The van der Waals surface area contributed by atoms with Gasteiger partial charge in [-0.15, -0.1) is 0 Å². The van der Waals surface area contributed by atoms with Gasteiger partial charge in [0, 0.05) is 13.7 Å². The van der Waals surface area contributed by atoms with Crippen molar-refractivity contribution in [3.8, 4) is 0 Å². The smallest absolute Gasteiger partial charge is 0.162 e. The highest BCUT2D eigenvalue weighted by Crippen LogP contribution is 2.41. The Kier molecular flexibility index (Phi) is 5.82. The molecule has 4 nitrogen and oxygen atoms in total. The van der Waals surface area contributed by atoms with Gasteiger partial charge in [-0.05, 0) is 61.1 Å². The van der Waals surface area contributed by atoms with Gasteiger partial charge in [0.2, 0.25) is 0 Å². The Hall–Kier alpha value is -0.430. The van der Waals surface area contributed by atoms with Crippen molar-refractivity contribution in [1.29, 1.82) is 0 Å². The van der Waals surface area contributed by atoms with E-state index < -0.39 is 0 Å². The fourth-order valence-electron chi connectivity index (χ4n) is 3.20. The van der Waals surface area contributed by atoms with Gasteiger partial charge in [-0.2, -0.15) is 0 Å². The molecule has 2 atom stereocenters. The van der Waals surface area contributed by atoms with Crippen LogP contribution in [-0.4, -0.2) is 23.6 Å². The van der Waals surface area contributed by atoms with Crippen molar-refractivity contribution < 1.29 is 4.74 Å². The quantitative estimate of drug-likeness (QED) is 0.752. The van der Waals surface area contributed by atoms with E-state index in [2.05, 4.69) is 48.7 Å². The van der Waals surface area contributed by atoms with Gasteiger partial charge in [0.25, 0.3) is 0 Å². The molecular weight excluding hydrogens is 377 g/mol. The molecule has 1 heterocycles. The molecule has 1 aromatic rings. The zero-order valence-corrected chi connectivity index (χ0v) is 15.7. The zero-order chi connectivity index (χ0) is 15.5. The first-order valence-electron chi connectivity index (χ1n) is 7.92. The third-order valence-electron chi connectivity index (χ3n) is 4.35. The van der Waals surface area contributed by atoms with E-state index in [-0.39, 0.29) is 5.60 Å². The Balaban J connectivity index is 2.47. The van der Waals surface area contributed by atoms with E-state index in [0.29, 0.717) is 5.92 Å². The van der Waals surface area contributed by atoms with Gasteiger partial charge >= 0.3 is 0 Å². The summed E-state index contributed by atoms with van der Waals surface area (Å²) in [5, 5.41) is 3.37. The number of hydrogen-bond acceptors (Lipinski definition) is 4. The first-order chi connectivity index (χ1) is 10.1. The molecule has 0 aromatic carbocycles. The summed E-state index contributed by atoms with van der Waals surface area (Å²) in [6, 6.07) is 0. The van der Waals surface area contributed by atoms with Crippen LogP contribution in [0.2, 0.25) is 0 Å². The number of ether oxygens (including phenoxy) is 1. The van der Waals surface area contributed by atoms with Crippen LogP contribution in [0.5, 0.6) is 0 Å². The summed E-state index contributed by atoms with van der Waals surface area (Å²) in [5.41, 5.74) is 0.807. The van der Waals surface area contributed by atoms with E-state index in [4.69, 9.17) is 14.7 Å². The van der Waals surface area contributed by atoms with Crippen LogP contribution in [0.1, 0.15) is 58.0 Å². The molecule has 1 saturated carbocycles. The summed E-state index contributed by atoms with van der Waals surface area (Å²) >= 11 is 2.34. The van der Waals surface area contributed by atoms with E-state index in [1.54, 1.807) is 7.11 Å². The van der Waals surface area contributed by atoms with E-state index in [1.165, 1.54) is 12.8 Å². The highest BCUT2D eigenvalue weighted by atomic mass is 127. The normalized spacial score (nSPS) is 25.9. The monoisotopic (exact) mass is 403 g/mol. The molecule has 1 fully saturated rings. The van der Waals surface area contributed by atoms with Crippen LogP contribution in [-0.2, 0) is 16.8 Å². The molecule has 21 heavy (non-hydrogen) atoms. The van der Waals surface area contributed by atoms with E-state index in [0.717, 1.165) is 46.7 Å². The average molecular weight is 403 g/mol. The highest BCUT2D eigenvalue weighted by molar-refractivity contribution is 14.1. The minimum Gasteiger partial charge on any atom is -0.370 e. The van der Waals surface area contributed by atoms with Gasteiger partial charge in [0.1, 0.15) is 11.4 Å². The fourth-order valence-corrected chi connectivity index (χ4v) is 4.01. The number of nitrogens with one attached hydrogen (secondary N) is 1. The van der Waals surface area contributed by atoms with Crippen molar-refractivity contribution in [3.63, 3.8) is 0 Å². The maximum atomic E-state index is 5.95. The number of methoxy groups -OCH3 is 1. The molecule has 1 aromatic heterocycles. The van der Waals surface area contributed by atoms with Crippen LogP contribution in [0.3, 0.4) is 0 Å². The SMILES string of the molecule is CCNc1nc(C2(OC)CCCC(C)C2)nc(CC)c1I. The second-order valence-electron chi connectivity index (χ2n) is 5.94. The standard InChI is InChI=1S/C16H26IN3O/c1-5-12-13(17)14(18-6-2)20-15(19-12)16(21-4)9-7-8-11(3)10-16/h11H,5-10H2,1-4H3,(H,18,19,20). The average Bonchev–Trinajstić information content (AvgIpc) is 2.49. The molecule has 0 spiro atoms. The number of rotatable bonds is 5. The zero-order valence-electron chi connectivity index (χ0n) is 13.5. The largest absolute Gasteiger partial charge is 0.370 e. The van der Waals surface area contributed by atoms with Gasteiger partial charge < -0.3 is 10.1 Å². The number of anilines is 1. The summed E-state index contributed by atoms with van der Waals surface area (Å²) in [6.07, 6.45) is 5.40. The van der Waals surface area contributed by atoms with Gasteiger partial charge in [-0.3, -0.25) is 0 Å². The van der Waals surface area contributed by atoms with Crippen molar-refractivity contribution in [2.24, 2.45) is 5.92 Å². The number of halogens is 1. The molecule has 0 bridgehead atoms. The predicted molar refractivity (Wildman–Crippen MR) is 94.6 cm³/mol. The van der Waals surface area contributed by atoms with Gasteiger partial charge in [0.05, 0.1) is 9.26 Å². The van der Waals surface area contributed by atoms with Crippen LogP contribution in [0.4, 0.5) is 5.82 Å². The second kappa shape index (κ2) is 7.22. The molecule has 118 valence electrons. The highest BCUT2D eigenvalue weighted by Gasteiger charge is 2.40. The van der Waals surface area contributed by atoms with Crippen molar-refractivity contribution in [2.45, 2.75) is 58.5 Å². The summed E-state index contributed by atoms with van der Waals surface area (Å²) in [7, 11) is 1.80. The number of aryl methyl sites for hydroxylation is 1. The molecule has 0 aliphatic heterocycles. The van der Waals surface area contributed by atoms with E-state index in [9.17, 15) is 0 Å². The van der Waals surface area contributed by atoms with Gasteiger partial charge in [-0.25, -0.2) is 9.97 Å². The lowest BCUT2D eigenvalue weighted by Gasteiger charge is -2.38. The number of aromatic nitrogens is 2. The van der Waals surface area contributed by atoms with E-state index in [1.807, 2.05) is 0 Å². The number of nitrogens with zero attached hydrogens (tertiary/aromatic N) is 2. The molecule has 1 aliphatic rings. The molecule has 0 radical (unpaired) electrons. The molecule has 0 amide bonds. The molecular formula is C16H26IN3O. The van der Waals surface area contributed by atoms with Crippen LogP contribution in [0.15, 0.2) is 0 Å². The van der Waals surface area contributed by atoms with Gasteiger partial charge in [0.15, 0.2) is 5.82 Å². The Morgan fingerprint density at radius 3 is 2.71 bits per heavy atom. The lowest BCUT2D eigenvalue weighted by Crippen LogP contribution is -2.36. The maximum Gasteiger partial charge on any atom is 0.162 e. The number of hydrogen-bond donors (Lipinski definition) is 1. The second-order valence-corrected chi connectivity index (χ2v) is 7.02. The van der Waals surface area contributed by atoms with Gasteiger partial charge in [-0.1, -0.05) is 20.3 Å². The Bertz CT molecular complexity index is 495. The predicted octanol–water partition coefficient (Wildman–Crippen LogP) is 4.13. The van der Waals surface area contributed by atoms with E-state index >= 15 is 0 Å².